The van der Waals surface area contributed by atoms with Crippen LogP contribution in [0.4, 0.5) is 0 Å². The van der Waals surface area contributed by atoms with Crippen LogP contribution in [0.25, 0.3) is 98.1 Å². The maximum absolute atomic E-state index is 9.49. The van der Waals surface area contributed by atoms with E-state index >= 15 is 0 Å². The summed E-state index contributed by atoms with van der Waals surface area (Å²) in [5.74, 6) is 0. The van der Waals surface area contributed by atoms with Crippen LogP contribution in [0.1, 0.15) is 24.7 Å². The second kappa shape index (κ2) is 9.29. The second-order valence-corrected chi connectivity index (χ2v) is 10.6. The Morgan fingerprint density at radius 1 is 0.378 bits per heavy atom. The second-order valence-electron chi connectivity index (χ2n) is 10.6. The Balaban J connectivity index is 1.45. The smallest absolute Gasteiger partial charge is 0.136 e. The van der Waals surface area contributed by atoms with Gasteiger partial charge in [-0.3, -0.25) is 0 Å². The molecule has 1 heterocycles. The van der Waals surface area contributed by atoms with Crippen molar-refractivity contribution in [3.63, 3.8) is 0 Å². The maximum Gasteiger partial charge on any atom is 0.136 e. The van der Waals surface area contributed by atoms with Crippen molar-refractivity contribution in [3.8, 4) is 22.3 Å². The Kier molecular flexibility index (Phi) is 2.68. The molecule has 9 aromatic carbocycles. The van der Waals surface area contributed by atoms with Gasteiger partial charge in [0, 0.05) is 10.8 Å². The van der Waals surface area contributed by atoms with Crippen LogP contribution in [0.2, 0.25) is 0 Å². The van der Waals surface area contributed by atoms with Gasteiger partial charge in [0.05, 0.1) is 24.7 Å². The van der Waals surface area contributed by atoms with Crippen LogP contribution < -0.4 is 0 Å². The zero-order valence-corrected chi connectivity index (χ0v) is 23.0. The fourth-order valence-electron chi connectivity index (χ4n) is 6.40. The third-order valence-corrected chi connectivity index (χ3v) is 8.25. The van der Waals surface area contributed by atoms with Gasteiger partial charge in [-0.2, -0.15) is 0 Å². The molecule has 45 heavy (non-hydrogen) atoms. The molecule has 0 saturated heterocycles. The Morgan fingerprint density at radius 3 is 1.69 bits per heavy atom. The van der Waals surface area contributed by atoms with Gasteiger partial charge < -0.3 is 4.42 Å². The molecular formula is C44H26O. The topological polar surface area (TPSA) is 13.1 Å². The van der Waals surface area contributed by atoms with Crippen molar-refractivity contribution in [2.75, 3.05) is 0 Å². The molecule has 0 atom stereocenters. The lowest BCUT2D eigenvalue weighted by Crippen LogP contribution is -1.92. The summed E-state index contributed by atoms with van der Waals surface area (Å²) < 4.78 is 166. The van der Waals surface area contributed by atoms with E-state index in [1.807, 2.05) is 0 Å². The van der Waals surface area contributed by atoms with Crippen molar-refractivity contribution in [1.82, 2.24) is 0 Å². The average Bonchev–Trinajstić information content (AvgIpc) is 3.68. The summed E-state index contributed by atoms with van der Waals surface area (Å²) in [5, 5.41) is -0.199. The molecule has 0 aliphatic heterocycles. The van der Waals surface area contributed by atoms with Crippen LogP contribution in [-0.4, -0.2) is 0 Å². The molecule has 0 saturated carbocycles. The minimum atomic E-state index is -0.646. The van der Waals surface area contributed by atoms with Gasteiger partial charge in [-0.1, -0.05) is 139 Å². The van der Waals surface area contributed by atoms with Crippen LogP contribution in [-0.2, 0) is 0 Å². The summed E-state index contributed by atoms with van der Waals surface area (Å²) in [7, 11) is 0. The van der Waals surface area contributed by atoms with Gasteiger partial charge in [0.1, 0.15) is 11.2 Å². The van der Waals surface area contributed by atoms with E-state index in [9.17, 15) is 5.48 Å². The molecule has 208 valence electrons. The van der Waals surface area contributed by atoms with Crippen LogP contribution in [0.3, 0.4) is 0 Å². The highest BCUT2D eigenvalue weighted by molar-refractivity contribution is 6.28. The van der Waals surface area contributed by atoms with Gasteiger partial charge in [0.2, 0.25) is 0 Å². The quantitative estimate of drug-likeness (QED) is 0.145. The number of rotatable bonds is 2. The normalized spacial score (nSPS) is 17.6. The Hall–Kier alpha value is -5.92. The fraction of sp³-hybridized carbons (Fsp3) is 0. The lowest BCUT2D eigenvalue weighted by Gasteiger charge is -2.19. The van der Waals surface area contributed by atoms with E-state index in [1.165, 1.54) is 0 Å². The third kappa shape index (κ3) is 3.50. The van der Waals surface area contributed by atoms with Crippen molar-refractivity contribution < 1.29 is 29.1 Å². The van der Waals surface area contributed by atoms with Crippen molar-refractivity contribution >= 4 is 75.8 Å². The summed E-state index contributed by atoms with van der Waals surface area (Å²) in [6.07, 6.45) is 0. The lowest BCUT2D eigenvalue weighted by molar-refractivity contribution is 0.669. The van der Waals surface area contributed by atoms with Gasteiger partial charge in [0.25, 0.3) is 0 Å². The van der Waals surface area contributed by atoms with E-state index < -0.39 is 109 Å². The molecule has 1 aromatic heterocycles. The monoisotopic (exact) mass is 588 g/mol. The summed E-state index contributed by atoms with van der Waals surface area (Å²) in [5.41, 5.74) is -0.108. The highest BCUT2D eigenvalue weighted by Gasteiger charge is 2.21. The number of hydrogen-bond donors (Lipinski definition) is 0. The molecule has 0 bridgehead atoms. The SMILES string of the molecule is [2H]c1c([2H])c(-c2c3ccccc3c(-c3c([2H])c([2H])c([2H])c4c3c([2H])c([2H])c3c([2H])c([2H])c([2H])c([2H])c34)c3ccccc23)c2c(oc3c([2H])c4c([2H])c([2H])c([2H])c([2H])c4c([2H])c32)c1[2H]. The molecule has 0 radical (unpaired) electrons. The molecule has 0 aliphatic rings. The average molecular weight is 589 g/mol. The molecule has 10 aromatic rings. The number of benzene rings is 9. The Morgan fingerprint density at radius 2 is 0.956 bits per heavy atom. The van der Waals surface area contributed by atoms with Crippen molar-refractivity contribution in [2.45, 2.75) is 0 Å². The van der Waals surface area contributed by atoms with Gasteiger partial charge >= 0.3 is 0 Å². The first-order valence-corrected chi connectivity index (χ1v) is 14.1. The minimum Gasteiger partial charge on any atom is -0.456 e. The highest BCUT2D eigenvalue weighted by Crippen LogP contribution is 2.48. The standard InChI is InChI=1S/C44H26O/c1-2-13-29-26-41-39(25-28(29)12-1)44-38(21-10-22-40(44)45-41)43-36-17-7-5-15-34(36)42(35-16-6-8-18-37(35)43)33-20-9-19-31-30-14-4-3-11-27(30)23-24-32(31)33/h1-26H/i1D,2D,3D,4D,9D,10D,11D,12D,13D,14D,19D,20D,21D,22D,23D,24D,25D,26D. The Bertz CT molecular complexity index is 3780. The van der Waals surface area contributed by atoms with Gasteiger partial charge in [0.15, 0.2) is 0 Å². The fourth-order valence-corrected chi connectivity index (χ4v) is 6.40. The van der Waals surface area contributed by atoms with Crippen LogP contribution in [0.5, 0.6) is 0 Å². The molecule has 0 unspecified atom stereocenters. The molecule has 1 nitrogen and oxygen atoms in total. The minimum absolute atomic E-state index is 0.00737. The summed E-state index contributed by atoms with van der Waals surface area (Å²) >= 11 is 0. The summed E-state index contributed by atoms with van der Waals surface area (Å²) in [4.78, 5) is 0. The van der Waals surface area contributed by atoms with Gasteiger partial charge in [-0.25, -0.2) is 0 Å². The molecule has 0 fully saturated rings. The predicted octanol–water partition coefficient (Wildman–Crippen LogP) is 12.7. The first-order chi connectivity index (χ1) is 29.8. The highest BCUT2D eigenvalue weighted by atomic mass is 16.3. The molecule has 0 N–H and O–H groups in total. The van der Waals surface area contributed by atoms with Crippen molar-refractivity contribution in [1.29, 1.82) is 0 Å². The lowest BCUT2D eigenvalue weighted by atomic mass is 9.83. The number of furan rings is 1. The summed E-state index contributed by atoms with van der Waals surface area (Å²) in [6, 6.07) is 3.32. The van der Waals surface area contributed by atoms with Gasteiger partial charge in [-0.15, -0.1) is 0 Å². The van der Waals surface area contributed by atoms with E-state index in [4.69, 9.17) is 23.6 Å². The first-order valence-electron chi connectivity index (χ1n) is 23.1. The molecule has 0 amide bonds. The van der Waals surface area contributed by atoms with Crippen LogP contribution in [0, 0.1) is 0 Å². The van der Waals surface area contributed by atoms with E-state index in [0.29, 0.717) is 21.5 Å². The Labute approximate surface area is 284 Å². The number of fused-ring (bicyclic) bond motifs is 9. The van der Waals surface area contributed by atoms with Crippen molar-refractivity contribution in [2.24, 2.45) is 0 Å². The predicted molar refractivity (Wildman–Crippen MR) is 192 cm³/mol. The van der Waals surface area contributed by atoms with E-state index in [-0.39, 0.29) is 76.5 Å². The molecule has 10 rings (SSSR count). The number of hydrogen-bond acceptors (Lipinski definition) is 1. The van der Waals surface area contributed by atoms with Crippen LogP contribution >= 0.6 is 0 Å². The molecule has 1 heteroatoms. The zero-order valence-electron chi connectivity index (χ0n) is 41.0. The third-order valence-electron chi connectivity index (χ3n) is 8.25. The van der Waals surface area contributed by atoms with E-state index in [1.54, 1.807) is 48.5 Å². The van der Waals surface area contributed by atoms with Gasteiger partial charge in [-0.05, 0) is 94.2 Å². The van der Waals surface area contributed by atoms with E-state index in [0.717, 1.165) is 0 Å². The van der Waals surface area contributed by atoms with Crippen molar-refractivity contribution in [3.05, 3.63) is 157 Å². The molecule has 0 aliphatic carbocycles. The summed E-state index contributed by atoms with van der Waals surface area (Å²) in [6.45, 7) is 0. The molecule has 0 spiro atoms. The molecular weight excluding hydrogens is 544 g/mol. The largest absolute Gasteiger partial charge is 0.456 e. The van der Waals surface area contributed by atoms with E-state index in [2.05, 4.69) is 0 Å². The zero-order chi connectivity index (χ0) is 45.1. The first kappa shape index (κ1) is 13.0. The van der Waals surface area contributed by atoms with Crippen LogP contribution in [0.15, 0.2) is 162 Å². The maximum atomic E-state index is 9.49.